The van der Waals surface area contributed by atoms with E-state index < -0.39 is 5.82 Å². The van der Waals surface area contributed by atoms with Crippen molar-refractivity contribution in [3.63, 3.8) is 0 Å². The third-order valence-electron chi connectivity index (χ3n) is 4.39. The van der Waals surface area contributed by atoms with Crippen LogP contribution in [-0.2, 0) is 0 Å². The molecule has 3 aromatic rings. The molecule has 1 aliphatic heterocycles. The molecule has 1 aliphatic rings. The molecule has 0 spiro atoms. The standard InChI is InChI=1S/C19H17FN4O2/c20-16-9-5-4-8-15(16)18(25)23-10-12-24(13-11-23)19-21-17(22-26-19)14-6-2-1-3-7-14/h1-9H,10-13H2. The molecule has 0 bridgehead atoms. The molecule has 0 aliphatic carbocycles. The first-order valence-electron chi connectivity index (χ1n) is 8.40. The summed E-state index contributed by atoms with van der Waals surface area (Å²) >= 11 is 0. The van der Waals surface area contributed by atoms with Crippen molar-refractivity contribution < 1.29 is 13.7 Å². The minimum Gasteiger partial charge on any atom is -0.335 e. The number of benzene rings is 2. The number of hydrogen-bond acceptors (Lipinski definition) is 5. The molecule has 6 nitrogen and oxygen atoms in total. The maximum Gasteiger partial charge on any atom is 0.324 e. The largest absolute Gasteiger partial charge is 0.335 e. The fourth-order valence-electron chi connectivity index (χ4n) is 2.95. The molecule has 0 unspecified atom stereocenters. The molecule has 1 saturated heterocycles. The van der Waals surface area contributed by atoms with Crippen molar-refractivity contribution in [1.82, 2.24) is 15.0 Å². The maximum atomic E-state index is 13.8. The van der Waals surface area contributed by atoms with Gasteiger partial charge < -0.3 is 14.3 Å². The van der Waals surface area contributed by atoms with Crippen molar-refractivity contribution in [3.05, 3.63) is 66.0 Å². The summed E-state index contributed by atoms with van der Waals surface area (Å²) < 4.78 is 19.2. The lowest BCUT2D eigenvalue weighted by atomic mass is 10.1. The third-order valence-corrected chi connectivity index (χ3v) is 4.39. The predicted octanol–water partition coefficient (Wildman–Crippen LogP) is 2.84. The minimum atomic E-state index is -0.496. The van der Waals surface area contributed by atoms with Gasteiger partial charge in [-0.3, -0.25) is 4.79 Å². The first kappa shape index (κ1) is 16.3. The summed E-state index contributed by atoms with van der Waals surface area (Å²) in [4.78, 5) is 20.5. The lowest BCUT2D eigenvalue weighted by Gasteiger charge is -2.33. The molecular weight excluding hydrogens is 335 g/mol. The highest BCUT2D eigenvalue weighted by Crippen LogP contribution is 2.21. The fraction of sp³-hybridized carbons (Fsp3) is 0.211. The van der Waals surface area contributed by atoms with Gasteiger partial charge in [-0.05, 0) is 12.1 Å². The average Bonchev–Trinajstić information content (AvgIpc) is 3.19. The van der Waals surface area contributed by atoms with Gasteiger partial charge in [0.25, 0.3) is 5.91 Å². The van der Waals surface area contributed by atoms with Crippen molar-refractivity contribution in [2.24, 2.45) is 0 Å². The Morgan fingerprint density at radius 2 is 1.65 bits per heavy atom. The molecule has 0 N–H and O–H groups in total. The molecule has 7 heteroatoms. The normalized spacial score (nSPS) is 14.5. The Morgan fingerprint density at radius 3 is 2.38 bits per heavy atom. The van der Waals surface area contributed by atoms with Gasteiger partial charge in [-0.25, -0.2) is 4.39 Å². The predicted molar refractivity (Wildman–Crippen MR) is 94.3 cm³/mol. The second-order valence-electron chi connectivity index (χ2n) is 6.03. The number of amides is 1. The van der Waals surface area contributed by atoms with Gasteiger partial charge in [-0.15, -0.1) is 0 Å². The van der Waals surface area contributed by atoms with E-state index in [0.29, 0.717) is 38.0 Å². The topological polar surface area (TPSA) is 62.5 Å². The Balaban J connectivity index is 1.42. The molecule has 2 heterocycles. The number of carbonyl (C=O) groups is 1. The van der Waals surface area contributed by atoms with Crippen LogP contribution in [-0.4, -0.2) is 47.1 Å². The maximum absolute atomic E-state index is 13.8. The van der Waals surface area contributed by atoms with Crippen molar-refractivity contribution in [2.45, 2.75) is 0 Å². The number of piperazine rings is 1. The van der Waals surface area contributed by atoms with E-state index in [-0.39, 0.29) is 11.5 Å². The molecule has 26 heavy (non-hydrogen) atoms. The monoisotopic (exact) mass is 352 g/mol. The lowest BCUT2D eigenvalue weighted by Crippen LogP contribution is -2.49. The smallest absolute Gasteiger partial charge is 0.324 e. The number of rotatable bonds is 3. The molecule has 0 saturated carbocycles. The van der Waals surface area contributed by atoms with Crippen LogP contribution in [0, 0.1) is 5.82 Å². The van der Waals surface area contributed by atoms with Crippen LogP contribution in [0.5, 0.6) is 0 Å². The van der Waals surface area contributed by atoms with Crippen LogP contribution >= 0.6 is 0 Å². The Morgan fingerprint density at radius 1 is 0.962 bits per heavy atom. The van der Waals surface area contributed by atoms with E-state index in [0.717, 1.165) is 5.56 Å². The van der Waals surface area contributed by atoms with E-state index in [1.165, 1.54) is 12.1 Å². The fourth-order valence-corrected chi connectivity index (χ4v) is 2.95. The summed E-state index contributed by atoms with van der Waals surface area (Å²) in [5.41, 5.74) is 0.987. The molecule has 1 fully saturated rings. The van der Waals surface area contributed by atoms with E-state index in [1.54, 1.807) is 17.0 Å². The van der Waals surface area contributed by atoms with Crippen molar-refractivity contribution >= 4 is 11.9 Å². The number of nitrogens with zero attached hydrogens (tertiary/aromatic N) is 4. The molecular formula is C19H17FN4O2. The molecule has 1 amide bonds. The van der Waals surface area contributed by atoms with E-state index in [2.05, 4.69) is 10.1 Å². The molecule has 0 atom stereocenters. The number of anilines is 1. The third kappa shape index (κ3) is 3.15. The zero-order chi connectivity index (χ0) is 17.9. The van der Waals surface area contributed by atoms with Crippen molar-refractivity contribution in [2.75, 3.05) is 31.1 Å². The first-order chi connectivity index (χ1) is 12.7. The van der Waals surface area contributed by atoms with Crippen molar-refractivity contribution in [1.29, 1.82) is 0 Å². The van der Waals surface area contributed by atoms with Gasteiger partial charge in [-0.1, -0.05) is 47.6 Å². The molecule has 132 valence electrons. The highest BCUT2D eigenvalue weighted by molar-refractivity contribution is 5.94. The molecule has 1 aromatic heterocycles. The van der Waals surface area contributed by atoms with Gasteiger partial charge in [-0.2, -0.15) is 4.98 Å². The van der Waals surface area contributed by atoms with Crippen LogP contribution in [0.25, 0.3) is 11.4 Å². The van der Waals surface area contributed by atoms with Crippen molar-refractivity contribution in [3.8, 4) is 11.4 Å². The van der Waals surface area contributed by atoms with E-state index in [1.807, 2.05) is 35.2 Å². The second-order valence-corrected chi connectivity index (χ2v) is 6.03. The van der Waals surface area contributed by atoms with E-state index in [4.69, 9.17) is 4.52 Å². The Bertz CT molecular complexity index is 905. The highest BCUT2D eigenvalue weighted by atomic mass is 19.1. The molecule has 2 aromatic carbocycles. The number of halogens is 1. The lowest BCUT2D eigenvalue weighted by molar-refractivity contribution is 0.0740. The summed E-state index contributed by atoms with van der Waals surface area (Å²) in [5.74, 6) is -0.256. The number of carbonyl (C=O) groups excluding carboxylic acids is 1. The van der Waals surface area contributed by atoms with E-state index in [9.17, 15) is 9.18 Å². The van der Waals surface area contributed by atoms with Crippen LogP contribution in [0.4, 0.5) is 10.4 Å². The zero-order valence-corrected chi connectivity index (χ0v) is 14.0. The second kappa shape index (κ2) is 6.95. The van der Waals surface area contributed by atoms with Gasteiger partial charge in [0.1, 0.15) is 5.82 Å². The van der Waals surface area contributed by atoms with Gasteiger partial charge in [0, 0.05) is 31.7 Å². The Hall–Kier alpha value is -3.22. The van der Waals surface area contributed by atoms with Crippen LogP contribution in [0.2, 0.25) is 0 Å². The highest BCUT2D eigenvalue weighted by Gasteiger charge is 2.26. The van der Waals surface area contributed by atoms with Gasteiger partial charge in [0.2, 0.25) is 5.82 Å². The zero-order valence-electron chi connectivity index (χ0n) is 14.0. The minimum absolute atomic E-state index is 0.102. The Kier molecular flexibility index (Phi) is 4.35. The first-order valence-corrected chi connectivity index (χ1v) is 8.40. The summed E-state index contributed by atoms with van der Waals surface area (Å²) in [7, 11) is 0. The number of hydrogen-bond donors (Lipinski definition) is 0. The number of aromatic nitrogens is 2. The van der Waals surface area contributed by atoms with Crippen LogP contribution in [0.1, 0.15) is 10.4 Å². The van der Waals surface area contributed by atoms with Gasteiger partial charge >= 0.3 is 6.01 Å². The summed E-state index contributed by atoms with van der Waals surface area (Å²) in [6.45, 7) is 2.04. The Labute approximate surface area is 149 Å². The average molecular weight is 352 g/mol. The molecule has 0 radical (unpaired) electrons. The van der Waals surface area contributed by atoms with Crippen LogP contribution in [0.15, 0.2) is 59.1 Å². The van der Waals surface area contributed by atoms with Gasteiger partial charge in [0.15, 0.2) is 0 Å². The van der Waals surface area contributed by atoms with E-state index >= 15 is 0 Å². The van der Waals surface area contributed by atoms with Gasteiger partial charge in [0.05, 0.1) is 5.56 Å². The quantitative estimate of drug-likeness (QED) is 0.725. The molecule has 4 rings (SSSR count). The van der Waals surface area contributed by atoms with Crippen LogP contribution in [0.3, 0.4) is 0 Å². The SMILES string of the molecule is O=C(c1ccccc1F)N1CCN(c2nc(-c3ccccc3)no2)CC1. The van der Waals surface area contributed by atoms with Crippen LogP contribution < -0.4 is 4.90 Å². The summed E-state index contributed by atoms with van der Waals surface area (Å²) in [5, 5.41) is 4.02. The summed E-state index contributed by atoms with van der Waals surface area (Å²) in [6, 6.07) is 16.1. The summed E-state index contributed by atoms with van der Waals surface area (Å²) in [6.07, 6.45) is 0.